The Labute approximate surface area is 250 Å². The lowest BCUT2D eigenvalue weighted by Crippen LogP contribution is -2.32. The van der Waals surface area contributed by atoms with Crippen molar-refractivity contribution in [3.63, 3.8) is 0 Å². The summed E-state index contributed by atoms with van der Waals surface area (Å²) in [5.41, 5.74) is 18.7. The summed E-state index contributed by atoms with van der Waals surface area (Å²) >= 11 is 0. The van der Waals surface area contributed by atoms with Gasteiger partial charge in [0.2, 0.25) is 0 Å². The van der Waals surface area contributed by atoms with Crippen LogP contribution in [0, 0.1) is 47.3 Å². The van der Waals surface area contributed by atoms with Gasteiger partial charge in [-0.1, -0.05) is 48.6 Å². The van der Waals surface area contributed by atoms with Gasteiger partial charge in [0.05, 0.1) is 14.2 Å². The van der Waals surface area contributed by atoms with Crippen molar-refractivity contribution in [3.8, 4) is 11.5 Å². The molecule has 214 valence electrons. The van der Waals surface area contributed by atoms with Crippen molar-refractivity contribution >= 4 is 0 Å². The molecule has 8 bridgehead atoms. The predicted octanol–water partition coefficient (Wildman–Crippen LogP) is 9.04. The monoisotopic (exact) mass is 554 g/mol. The Morgan fingerprint density at radius 2 is 0.690 bits per heavy atom. The Balaban J connectivity index is 1.02. The lowest BCUT2D eigenvalue weighted by atomic mass is 9.61. The molecule has 12 unspecified atom stereocenters. The van der Waals surface area contributed by atoms with Crippen LogP contribution in [0.15, 0.2) is 70.9 Å². The zero-order valence-corrected chi connectivity index (χ0v) is 25.2. The van der Waals surface area contributed by atoms with Gasteiger partial charge in [-0.15, -0.1) is 0 Å². The molecule has 1 aromatic rings. The topological polar surface area (TPSA) is 18.5 Å². The Hall–Kier alpha value is -2.74. The molecular formula is C40H42O2. The third kappa shape index (κ3) is 2.32. The van der Waals surface area contributed by atoms with E-state index in [9.17, 15) is 0 Å². The van der Waals surface area contributed by atoms with Crippen LogP contribution < -0.4 is 9.47 Å². The molecular weight excluding hydrogens is 512 g/mol. The van der Waals surface area contributed by atoms with E-state index in [1.165, 1.54) is 85.2 Å². The van der Waals surface area contributed by atoms with Crippen LogP contribution in [0.2, 0.25) is 0 Å². The van der Waals surface area contributed by atoms with E-state index in [-0.39, 0.29) is 0 Å². The highest BCUT2D eigenvalue weighted by atomic mass is 16.5. The van der Waals surface area contributed by atoms with E-state index < -0.39 is 0 Å². The number of rotatable bonds is 2. The third-order valence-electron chi connectivity index (χ3n) is 15.4. The molecule has 0 radical (unpaired) electrons. The lowest BCUT2D eigenvalue weighted by Gasteiger charge is -2.44. The molecule has 0 aliphatic heterocycles. The van der Waals surface area contributed by atoms with Gasteiger partial charge in [0.25, 0.3) is 0 Å². The van der Waals surface area contributed by atoms with Crippen molar-refractivity contribution in [3.05, 3.63) is 93.2 Å². The number of benzene rings is 1. The standard InChI is InChI=1S/C40H42O2/c1-15-16(2)20-7-19(15)23-9-27-28(10-24(20)23)32-13-31(27)35-36(32)40(42-6)38-34-14-33(37(38)39(35)41-5)29-11-25-21-8-22(18(4)17(21)3)26(25)12-30(29)34/h19-22,27-34H,1-4,7-14H2,5-6H3. The molecule has 1 aromatic carbocycles. The second-order valence-corrected chi connectivity index (χ2v) is 16.0. The first-order chi connectivity index (χ1) is 20.4. The number of hydrogen-bond acceptors (Lipinski definition) is 2. The summed E-state index contributed by atoms with van der Waals surface area (Å²) in [6, 6.07) is 0. The molecule has 4 fully saturated rings. The fourth-order valence-electron chi connectivity index (χ4n) is 14.0. The Morgan fingerprint density at radius 1 is 0.429 bits per heavy atom. The molecule has 10 aliphatic carbocycles. The Morgan fingerprint density at radius 3 is 0.929 bits per heavy atom. The van der Waals surface area contributed by atoms with Crippen molar-refractivity contribution in [2.45, 2.75) is 75.0 Å². The first kappa shape index (κ1) is 23.7. The van der Waals surface area contributed by atoms with Crippen LogP contribution in [-0.4, -0.2) is 14.2 Å². The van der Waals surface area contributed by atoms with Crippen LogP contribution in [0.3, 0.4) is 0 Å². The minimum Gasteiger partial charge on any atom is -0.496 e. The summed E-state index contributed by atoms with van der Waals surface area (Å²) in [7, 11) is 3.94. The fraction of sp³-hybridized carbons (Fsp3) is 0.550. The molecule has 0 N–H and O–H groups in total. The molecule has 2 nitrogen and oxygen atoms in total. The number of ether oxygens (including phenoxy) is 2. The van der Waals surface area contributed by atoms with Gasteiger partial charge in [-0.05, 0) is 121 Å². The second kappa shape index (κ2) is 7.31. The average molecular weight is 555 g/mol. The van der Waals surface area contributed by atoms with Crippen LogP contribution in [0.4, 0.5) is 0 Å². The molecule has 10 aliphatic rings. The predicted molar refractivity (Wildman–Crippen MR) is 166 cm³/mol. The van der Waals surface area contributed by atoms with Crippen LogP contribution in [0.5, 0.6) is 11.5 Å². The van der Waals surface area contributed by atoms with E-state index in [2.05, 4.69) is 26.3 Å². The molecule has 2 heteroatoms. The normalized spacial score (nSPS) is 45.6. The van der Waals surface area contributed by atoms with E-state index in [1.54, 1.807) is 44.5 Å². The lowest BCUT2D eigenvalue weighted by molar-refractivity contribution is 0.266. The van der Waals surface area contributed by atoms with Crippen molar-refractivity contribution in [1.29, 1.82) is 0 Å². The summed E-state index contributed by atoms with van der Waals surface area (Å²) in [5.74, 6) is 10.4. The average Bonchev–Trinajstić information content (AvgIpc) is 3.86. The molecule has 0 saturated heterocycles. The summed E-state index contributed by atoms with van der Waals surface area (Å²) in [6.45, 7) is 17.9. The number of allylic oxidation sites excluding steroid dienone is 8. The van der Waals surface area contributed by atoms with Crippen molar-refractivity contribution in [1.82, 2.24) is 0 Å². The largest absolute Gasteiger partial charge is 0.496 e. The van der Waals surface area contributed by atoms with Gasteiger partial charge in [-0.3, -0.25) is 0 Å². The Bertz CT molecular complexity index is 1470. The van der Waals surface area contributed by atoms with E-state index in [1.807, 2.05) is 14.2 Å². The zero-order valence-electron chi connectivity index (χ0n) is 25.2. The van der Waals surface area contributed by atoms with E-state index in [0.717, 1.165) is 23.7 Å². The summed E-state index contributed by atoms with van der Waals surface area (Å²) in [4.78, 5) is 0. The van der Waals surface area contributed by atoms with Crippen molar-refractivity contribution in [2.75, 3.05) is 14.2 Å². The van der Waals surface area contributed by atoms with Gasteiger partial charge in [-0.25, -0.2) is 0 Å². The first-order valence-electron chi connectivity index (χ1n) is 16.9. The van der Waals surface area contributed by atoms with Gasteiger partial charge in [0.15, 0.2) is 0 Å². The van der Waals surface area contributed by atoms with Crippen LogP contribution in [0.1, 0.15) is 97.3 Å². The first-order valence-corrected chi connectivity index (χ1v) is 16.9. The quantitative estimate of drug-likeness (QED) is 0.340. The molecule has 4 saturated carbocycles. The maximum atomic E-state index is 6.57. The van der Waals surface area contributed by atoms with E-state index in [0.29, 0.717) is 47.3 Å². The maximum absolute atomic E-state index is 6.57. The fourth-order valence-corrected chi connectivity index (χ4v) is 14.0. The second-order valence-electron chi connectivity index (χ2n) is 16.0. The van der Waals surface area contributed by atoms with Crippen LogP contribution in [0.25, 0.3) is 0 Å². The molecule has 0 amide bonds. The number of hydrogen-bond donors (Lipinski definition) is 0. The molecule has 0 aromatic heterocycles. The molecule has 11 rings (SSSR count). The highest BCUT2D eigenvalue weighted by molar-refractivity contribution is 5.71. The number of fused-ring (bicyclic) bond motifs is 24. The SMILES string of the molecule is C=C1C(=C)C2CC1C1=C2CC2C3CC(c4c(OC)c5c(c(OC)c43)C3CC5C4CC5=C(CC34)C3CC5C(=C)C3=C)C2C1. The highest BCUT2D eigenvalue weighted by Crippen LogP contribution is 2.76. The van der Waals surface area contributed by atoms with E-state index >= 15 is 0 Å². The van der Waals surface area contributed by atoms with Gasteiger partial charge < -0.3 is 9.47 Å². The van der Waals surface area contributed by atoms with Gasteiger partial charge in [0.1, 0.15) is 11.5 Å². The summed E-state index contributed by atoms with van der Waals surface area (Å²) in [6.07, 6.45) is 10.2. The van der Waals surface area contributed by atoms with Gasteiger partial charge in [0, 0.05) is 45.9 Å². The minimum absolute atomic E-state index is 0.589. The van der Waals surface area contributed by atoms with Crippen LogP contribution in [-0.2, 0) is 0 Å². The summed E-state index contributed by atoms with van der Waals surface area (Å²) in [5, 5.41) is 0. The Kier molecular flexibility index (Phi) is 4.12. The molecule has 42 heavy (non-hydrogen) atoms. The van der Waals surface area contributed by atoms with Crippen molar-refractivity contribution < 1.29 is 9.47 Å². The third-order valence-corrected chi connectivity index (χ3v) is 15.4. The van der Waals surface area contributed by atoms with Crippen molar-refractivity contribution in [2.24, 2.45) is 47.3 Å². The van der Waals surface area contributed by atoms with Gasteiger partial charge >= 0.3 is 0 Å². The van der Waals surface area contributed by atoms with Crippen LogP contribution >= 0.6 is 0 Å². The highest BCUT2D eigenvalue weighted by Gasteiger charge is 2.63. The smallest absolute Gasteiger partial charge is 0.126 e. The molecule has 0 spiro atoms. The zero-order chi connectivity index (χ0) is 28.1. The van der Waals surface area contributed by atoms with Gasteiger partial charge in [-0.2, -0.15) is 0 Å². The molecule has 12 atom stereocenters. The van der Waals surface area contributed by atoms with E-state index in [4.69, 9.17) is 9.47 Å². The minimum atomic E-state index is 0.589. The summed E-state index contributed by atoms with van der Waals surface area (Å²) < 4.78 is 13.1. The number of methoxy groups -OCH3 is 2. The maximum Gasteiger partial charge on any atom is 0.126 e. The molecule has 0 heterocycles.